The molecular formula is C15H18ClN3O2. The number of benzene rings is 1. The van der Waals surface area contributed by atoms with Crippen LogP contribution < -0.4 is 5.73 Å². The second-order valence-corrected chi connectivity index (χ2v) is 5.19. The number of rotatable bonds is 4. The average molecular weight is 308 g/mol. The zero-order valence-corrected chi connectivity index (χ0v) is 13.1. The largest absolute Gasteiger partial charge is 0.456 e. The highest BCUT2D eigenvalue weighted by atomic mass is 35.5. The van der Waals surface area contributed by atoms with Crippen molar-refractivity contribution in [1.29, 1.82) is 0 Å². The SMILES string of the molecule is CCn1nc(C)c(Cl)c1COC(=O)c1cc(N)ccc1C. The molecule has 1 aromatic carbocycles. The maximum Gasteiger partial charge on any atom is 0.338 e. The van der Waals surface area contributed by atoms with Crippen LogP contribution in [0.3, 0.4) is 0 Å². The molecule has 0 aliphatic rings. The number of carbonyl (C=O) groups excluding carboxylic acids is 1. The minimum absolute atomic E-state index is 0.0839. The molecule has 6 heteroatoms. The number of nitrogens with zero attached hydrogens (tertiary/aromatic N) is 2. The molecule has 0 saturated carbocycles. The van der Waals surface area contributed by atoms with Gasteiger partial charge in [0, 0.05) is 12.2 Å². The molecule has 0 radical (unpaired) electrons. The molecule has 0 amide bonds. The predicted molar refractivity (Wildman–Crippen MR) is 82.4 cm³/mol. The topological polar surface area (TPSA) is 70.1 Å². The lowest BCUT2D eigenvalue weighted by molar-refractivity contribution is 0.0462. The second kappa shape index (κ2) is 6.18. The Kier molecular flexibility index (Phi) is 4.53. The quantitative estimate of drug-likeness (QED) is 0.696. The van der Waals surface area contributed by atoms with Gasteiger partial charge in [-0.15, -0.1) is 0 Å². The fourth-order valence-corrected chi connectivity index (χ4v) is 2.27. The zero-order chi connectivity index (χ0) is 15.6. The van der Waals surface area contributed by atoms with E-state index in [0.29, 0.717) is 28.5 Å². The van der Waals surface area contributed by atoms with Crippen LogP contribution in [0.15, 0.2) is 18.2 Å². The lowest BCUT2D eigenvalue weighted by atomic mass is 10.1. The number of aromatic nitrogens is 2. The summed E-state index contributed by atoms with van der Waals surface area (Å²) in [6.45, 7) is 6.36. The monoisotopic (exact) mass is 307 g/mol. The first-order valence-corrected chi connectivity index (χ1v) is 7.06. The van der Waals surface area contributed by atoms with E-state index in [1.54, 1.807) is 22.9 Å². The van der Waals surface area contributed by atoms with Crippen molar-refractivity contribution in [1.82, 2.24) is 9.78 Å². The Balaban J connectivity index is 2.16. The van der Waals surface area contributed by atoms with Crippen molar-refractivity contribution >= 4 is 23.3 Å². The lowest BCUT2D eigenvalue weighted by Crippen LogP contribution is -2.11. The molecule has 0 aliphatic carbocycles. The van der Waals surface area contributed by atoms with Gasteiger partial charge in [-0.25, -0.2) is 4.79 Å². The van der Waals surface area contributed by atoms with E-state index in [2.05, 4.69) is 5.10 Å². The molecule has 0 spiro atoms. The van der Waals surface area contributed by atoms with E-state index in [1.165, 1.54) is 0 Å². The summed E-state index contributed by atoms with van der Waals surface area (Å²) >= 11 is 6.18. The Labute approximate surface area is 128 Å². The van der Waals surface area contributed by atoms with Gasteiger partial charge in [0.2, 0.25) is 0 Å². The summed E-state index contributed by atoms with van der Waals surface area (Å²) in [4.78, 5) is 12.2. The number of nitrogen functional groups attached to an aromatic ring is 1. The van der Waals surface area contributed by atoms with E-state index in [1.807, 2.05) is 20.8 Å². The van der Waals surface area contributed by atoms with Gasteiger partial charge in [0.25, 0.3) is 0 Å². The minimum Gasteiger partial charge on any atom is -0.456 e. The molecule has 1 heterocycles. The average Bonchev–Trinajstić information content (AvgIpc) is 2.74. The highest BCUT2D eigenvalue weighted by molar-refractivity contribution is 6.31. The molecule has 1 aromatic heterocycles. The normalized spacial score (nSPS) is 10.7. The molecule has 2 aromatic rings. The Morgan fingerprint density at radius 1 is 1.43 bits per heavy atom. The first kappa shape index (κ1) is 15.4. The Hall–Kier alpha value is -2.01. The van der Waals surface area contributed by atoms with Crippen molar-refractivity contribution in [3.63, 3.8) is 0 Å². The summed E-state index contributed by atoms with van der Waals surface area (Å²) < 4.78 is 7.08. The minimum atomic E-state index is -0.419. The molecule has 0 bridgehead atoms. The maximum atomic E-state index is 12.2. The van der Waals surface area contributed by atoms with Gasteiger partial charge in [-0.2, -0.15) is 5.10 Å². The van der Waals surface area contributed by atoms with Gasteiger partial charge in [-0.05, 0) is 38.5 Å². The Morgan fingerprint density at radius 3 is 2.81 bits per heavy atom. The molecule has 112 valence electrons. The molecule has 0 atom stereocenters. The molecule has 2 N–H and O–H groups in total. The summed E-state index contributed by atoms with van der Waals surface area (Å²) in [7, 11) is 0. The van der Waals surface area contributed by atoms with E-state index in [0.717, 1.165) is 11.3 Å². The van der Waals surface area contributed by atoms with Crippen LogP contribution in [-0.4, -0.2) is 15.7 Å². The smallest absolute Gasteiger partial charge is 0.338 e. The predicted octanol–water partition coefficient (Wildman–Crippen LogP) is 3.11. The second-order valence-electron chi connectivity index (χ2n) is 4.81. The third-order valence-electron chi connectivity index (χ3n) is 3.27. The van der Waals surface area contributed by atoms with Crippen LogP contribution in [0.25, 0.3) is 0 Å². The molecule has 5 nitrogen and oxygen atoms in total. The molecule has 0 saturated heterocycles. The van der Waals surface area contributed by atoms with Gasteiger partial charge >= 0.3 is 5.97 Å². The van der Waals surface area contributed by atoms with Gasteiger partial charge in [0.05, 0.1) is 22.0 Å². The number of esters is 1. The number of hydrogen-bond acceptors (Lipinski definition) is 4. The van der Waals surface area contributed by atoms with Gasteiger partial charge < -0.3 is 10.5 Å². The molecule has 2 rings (SSSR count). The van der Waals surface area contributed by atoms with E-state index in [9.17, 15) is 4.79 Å². The molecule has 21 heavy (non-hydrogen) atoms. The molecule has 0 fully saturated rings. The van der Waals surface area contributed by atoms with Gasteiger partial charge in [0.1, 0.15) is 6.61 Å². The van der Waals surface area contributed by atoms with Crippen LogP contribution in [0.2, 0.25) is 5.02 Å². The van der Waals surface area contributed by atoms with E-state index < -0.39 is 5.97 Å². The van der Waals surface area contributed by atoms with Crippen LogP contribution in [0, 0.1) is 13.8 Å². The van der Waals surface area contributed by atoms with Crippen molar-refractivity contribution in [3.05, 3.63) is 45.7 Å². The van der Waals surface area contributed by atoms with E-state index >= 15 is 0 Å². The van der Waals surface area contributed by atoms with Crippen molar-refractivity contribution in [3.8, 4) is 0 Å². The van der Waals surface area contributed by atoms with E-state index in [-0.39, 0.29) is 6.61 Å². The van der Waals surface area contributed by atoms with Crippen molar-refractivity contribution in [2.75, 3.05) is 5.73 Å². The van der Waals surface area contributed by atoms with Gasteiger partial charge in [-0.1, -0.05) is 17.7 Å². The Morgan fingerprint density at radius 2 is 2.14 bits per heavy atom. The number of anilines is 1. The number of hydrogen-bond donors (Lipinski definition) is 1. The molecule has 0 unspecified atom stereocenters. The number of nitrogens with two attached hydrogens (primary N) is 1. The fraction of sp³-hybridized carbons (Fsp3) is 0.333. The summed E-state index contributed by atoms with van der Waals surface area (Å²) in [6.07, 6.45) is 0. The summed E-state index contributed by atoms with van der Waals surface area (Å²) in [5.74, 6) is -0.419. The third kappa shape index (κ3) is 3.19. The lowest BCUT2D eigenvalue weighted by Gasteiger charge is -2.09. The van der Waals surface area contributed by atoms with Crippen LogP contribution in [0.1, 0.15) is 34.2 Å². The summed E-state index contributed by atoms with van der Waals surface area (Å²) in [5.41, 5.74) is 8.94. The van der Waals surface area contributed by atoms with Crippen molar-refractivity contribution < 1.29 is 9.53 Å². The summed E-state index contributed by atoms with van der Waals surface area (Å²) in [5, 5.41) is 4.82. The number of aryl methyl sites for hydroxylation is 3. The highest BCUT2D eigenvalue weighted by Gasteiger charge is 2.16. The third-order valence-corrected chi connectivity index (χ3v) is 3.77. The number of carbonyl (C=O) groups is 1. The number of halogens is 1. The maximum absolute atomic E-state index is 12.2. The molecule has 0 aliphatic heterocycles. The van der Waals surface area contributed by atoms with Crippen LogP contribution in [-0.2, 0) is 17.9 Å². The summed E-state index contributed by atoms with van der Waals surface area (Å²) in [6, 6.07) is 5.15. The molecular weight excluding hydrogens is 290 g/mol. The van der Waals surface area contributed by atoms with Crippen molar-refractivity contribution in [2.24, 2.45) is 0 Å². The first-order chi connectivity index (χ1) is 9.93. The standard InChI is InChI=1S/C15H18ClN3O2/c1-4-19-13(14(16)10(3)18-19)8-21-15(20)12-7-11(17)6-5-9(12)2/h5-7H,4,8,17H2,1-3H3. The number of ether oxygens (including phenoxy) is 1. The Bertz CT molecular complexity index is 680. The van der Waals surface area contributed by atoms with Crippen LogP contribution in [0.5, 0.6) is 0 Å². The fourth-order valence-electron chi connectivity index (χ4n) is 2.08. The van der Waals surface area contributed by atoms with Crippen molar-refractivity contribution in [2.45, 2.75) is 33.9 Å². The first-order valence-electron chi connectivity index (χ1n) is 6.69. The van der Waals surface area contributed by atoms with Gasteiger partial charge in [0.15, 0.2) is 0 Å². The highest BCUT2D eigenvalue weighted by Crippen LogP contribution is 2.22. The van der Waals surface area contributed by atoms with Crippen LogP contribution >= 0.6 is 11.6 Å². The van der Waals surface area contributed by atoms with E-state index in [4.69, 9.17) is 22.1 Å². The van der Waals surface area contributed by atoms with Gasteiger partial charge in [-0.3, -0.25) is 4.68 Å². The zero-order valence-electron chi connectivity index (χ0n) is 12.3. The van der Waals surface area contributed by atoms with Crippen LogP contribution in [0.4, 0.5) is 5.69 Å².